The summed E-state index contributed by atoms with van der Waals surface area (Å²) in [6.07, 6.45) is 0. The van der Waals surface area contributed by atoms with Gasteiger partial charge in [0.2, 0.25) is 5.91 Å². The van der Waals surface area contributed by atoms with Crippen LogP contribution in [0.2, 0.25) is 0 Å². The van der Waals surface area contributed by atoms with Gasteiger partial charge in [-0.25, -0.2) is 12.8 Å². The summed E-state index contributed by atoms with van der Waals surface area (Å²) in [7, 11) is -4.11. The molecule has 0 saturated carbocycles. The summed E-state index contributed by atoms with van der Waals surface area (Å²) in [5.41, 5.74) is 2.77. The SMILES string of the molecule is Cc1cc(C)cc(C(=O)NCC(=O)Nc2ccc(C)c(S(=O)(=O)Nc3ccccc3F)c2)c1. The molecule has 0 aliphatic heterocycles. The van der Waals surface area contributed by atoms with Crippen molar-refractivity contribution >= 4 is 33.2 Å². The van der Waals surface area contributed by atoms with Gasteiger partial charge >= 0.3 is 0 Å². The monoisotopic (exact) mass is 469 g/mol. The molecule has 3 aromatic rings. The summed E-state index contributed by atoms with van der Waals surface area (Å²) in [4.78, 5) is 24.5. The van der Waals surface area contributed by atoms with Gasteiger partial charge in [-0.15, -0.1) is 0 Å². The zero-order chi connectivity index (χ0) is 24.2. The third-order valence-corrected chi connectivity index (χ3v) is 6.28. The van der Waals surface area contributed by atoms with E-state index in [1.807, 2.05) is 19.9 Å². The molecule has 0 aromatic heterocycles. The Bertz CT molecular complexity index is 1300. The van der Waals surface area contributed by atoms with E-state index in [4.69, 9.17) is 0 Å². The normalized spacial score (nSPS) is 11.0. The summed E-state index contributed by atoms with van der Waals surface area (Å²) < 4.78 is 41.7. The fourth-order valence-electron chi connectivity index (χ4n) is 3.28. The van der Waals surface area contributed by atoms with E-state index in [9.17, 15) is 22.4 Å². The molecule has 0 unspecified atom stereocenters. The number of hydrogen-bond acceptors (Lipinski definition) is 4. The summed E-state index contributed by atoms with van der Waals surface area (Å²) in [5.74, 6) is -1.62. The quantitative estimate of drug-likeness (QED) is 0.488. The number of sulfonamides is 1. The van der Waals surface area contributed by atoms with Crippen LogP contribution in [0.5, 0.6) is 0 Å². The number of carbonyl (C=O) groups excluding carboxylic acids is 2. The lowest BCUT2D eigenvalue weighted by molar-refractivity contribution is -0.115. The summed E-state index contributed by atoms with van der Waals surface area (Å²) >= 11 is 0. The van der Waals surface area contributed by atoms with Gasteiger partial charge in [-0.2, -0.15) is 0 Å². The number of nitrogens with one attached hydrogen (secondary N) is 3. The van der Waals surface area contributed by atoms with Crippen molar-refractivity contribution < 1.29 is 22.4 Å². The number of hydrogen-bond donors (Lipinski definition) is 3. The number of rotatable bonds is 7. The standard InChI is InChI=1S/C24H24FN3O4S/c1-15-10-16(2)12-18(11-15)24(30)26-14-23(29)27-19-9-8-17(3)22(13-19)33(31,32)28-21-7-5-4-6-20(21)25/h4-13,28H,14H2,1-3H3,(H,26,30)(H,27,29). The molecule has 0 aliphatic rings. The smallest absolute Gasteiger partial charge is 0.262 e. The van der Waals surface area contributed by atoms with Gasteiger partial charge in [0.1, 0.15) is 5.82 Å². The van der Waals surface area contributed by atoms with Crippen molar-refractivity contribution in [1.82, 2.24) is 5.32 Å². The fraction of sp³-hybridized carbons (Fsp3) is 0.167. The number of para-hydroxylation sites is 1. The van der Waals surface area contributed by atoms with Gasteiger partial charge in [-0.1, -0.05) is 35.4 Å². The van der Waals surface area contributed by atoms with Crippen LogP contribution in [0.15, 0.2) is 65.6 Å². The first-order valence-electron chi connectivity index (χ1n) is 10.1. The Morgan fingerprint density at radius 3 is 2.24 bits per heavy atom. The molecule has 0 heterocycles. The van der Waals surface area contributed by atoms with Crippen molar-refractivity contribution in [3.05, 3.63) is 88.7 Å². The lowest BCUT2D eigenvalue weighted by Gasteiger charge is -2.13. The van der Waals surface area contributed by atoms with Gasteiger partial charge in [-0.3, -0.25) is 14.3 Å². The van der Waals surface area contributed by atoms with Crippen molar-refractivity contribution in [3.8, 4) is 0 Å². The third-order valence-electron chi connectivity index (χ3n) is 4.77. The topological polar surface area (TPSA) is 104 Å². The molecule has 7 nitrogen and oxygen atoms in total. The van der Waals surface area contributed by atoms with Crippen molar-refractivity contribution in [2.45, 2.75) is 25.7 Å². The van der Waals surface area contributed by atoms with Gasteiger partial charge < -0.3 is 10.6 Å². The molecule has 2 amide bonds. The van der Waals surface area contributed by atoms with Gasteiger partial charge in [0.25, 0.3) is 15.9 Å². The minimum Gasteiger partial charge on any atom is -0.343 e. The summed E-state index contributed by atoms with van der Waals surface area (Å²) in [6, 6.07) is 15.2. The highest BCUT2D eigenvalue weighted by atomic mass is 32.2. The molecule has 3 N–H and O–H groups in total. The van der Waals surface area contributed by atoms with Crippen LogP contribution in [0, 0.1) is 26.6 Å². The molecule has 0 bridgehead atoms. The van der Waals surface area contributed by atoms with Crippen LogP contribution in [0.3, 0.4) is 0 Å². The Kier molecular flexibility index (Phi) is 7.13. The number of aryl methyl sites for hydroxylation is 3. The van der Waals surface area contributed by atoms with Crippen molar-refractivity contribution in [2.24, 2.45) is 0 Å². The minimum absolute atomic E-state index is 0.108. The first kappa shape index (κ1) is 23.9. The summed E-state index contributed by atoms with van der Waals surface area (Å²) in [5, 5.41) is 5.11. The molecular formula is C24H24FN3O4S. The molecule has 0 aliphatic carbocycles. The number of benzene rings is 3. The second kappa shape index (κ2) is 9.83. The molecule has 0 spiro atoms. The van der Waals surface area contributed by atoms with Gasteiger partial charge in [-0.05, 0) is 62.7 Å². The largest absolute Gasteiger partial charge is 0.343 e. The van der Waals surface area contributed by atoms with Crippen LogP contribution in [0.1, 0.15) is 27.0 Å². The van der Waals surface area contributed by atoms with E-state index in [2.05, 4.69) is 15.4 Å². The van der Waals surface area contributed by atoms with E-state index in [0.717, 1.165) is 17.2 Å². The predicted octanol–water partition coefficient (Wildman–Crippen LogP) is 3.92. The van der Waals surface area contributed by atoms with Crippen LogP contribution in [-0.4, -0.2) is 26.8 Å². The van der Waals surface area contributed by atoms with Gasteiger partial charge in [0.05, 0.1) is 17.1 Å². The number of carbonyl (C=O) groups is 2. The summed E-state index contributed by atoms with van der Waals surface area (Å²) in [6.45, 7) is 5.04. The molecule has 172 valence electrons. The van der Waals surface area contributed by atoms with Gasteiger partial charge in [0.15, 0.2) is 0 Å². The maximum absolute atomic E-state index is 13.9. The zero-order valence-electron chi connectivity index (χ0n) is 18.4. The Morgan fingerprint density at radius 2 is 1.58 bits per heavy atom. The maximum Gasteiger partial charge on any atom is 0.262 e. The van der Waals surface area contributed by atoms with E-state index in [0.29, 0.717) is 11.1 Å². The third kappa shape index (κ3) is 6.17. The second-order valence-corrected chi connectivity index (χ2v) is 9.32. The lowest BCUT2D eigenvalue weighted by Crippen LogP contribution is -2.33. The number of amides is 2. The Balaban J connectivity index is 1.69. The average Bonchev–Trinajstić information content (AvgIpc) is 2.74. The van der Waals surface area contributed by atoms with E-state index >= 15 is 0 Å². The van der Waals surface area contributed by atoms with Crippen molar-refractivity contribution in [1.29, 1.82) is 0 Å². The number of anilines is 2. The molecule has 3 rings (SSSR count). The van der Waals surface area contributed by atoms with Crippen LogP contribution < -0.4 is 15.4 Å². The van der Waals surface area contributed by atoms with Crippen LogP contribution in [0.4, 0.5) is 15.8 Å². The molecule has 0 radical (unpaired) electrons. The Hall–Kier alpha value is -3.72. The van der Waals surface area contributed by atoms with E-state index in [1.54, 1.807) is 25.1 Å². The maximum atomic E-state index is 13.9. The molecule has 0 saturated heterocycles. The fourth-order valence-corrected chi connectivity index (χ4v) is 4.62. The highest BCUT2D eigenvalue weighted by Gasteiger charge is 2.20. The first-order chi connectivity index (χ1) is 15.5. The number of halogens is 1. The molecule has 33 heavy (non-hydrogen) atoms. The highest BCUT2D eigenvalue weighted by molar-refractivity contribution is 7.92. The van der Waals surface area contributed by atoms with Gasteiger partial charge in [0, 0.05) is 11.3 Å². The Labute approximate surface area is 192 Å². The van der Waals surface area contributed by atoms with Crippen molar-refractivity contribution in [3.63, 3.8) is 0 Å². The van der Waals surface area contributed by atoms with E-state index in [-0.39, 0.29) is 22.8 Å². The zero-order valence-corrected chi connectivity index (χ0v) is 19.2. The molecule has 9 heteroatoms. The second-order valence-electron chi connectivity index (χ2n) is 7.67. The van der Waals surface area contributed by atoms with E-state index < -0.39 is 27.7 Å². The molecule has 0 fully saturated rings. The molecule has 3 aromatic carbocycles. The minimum atomic E-state index is -4.11. The van der Waals surface area contributed by atoms with Crippen LogP contribution >= 0.6 is 0 Å². The Morgan fingerprint density at radius 1 is 0.909 bits per heavy atom. The highest BCUT2D eigenvalue weighted by Crippen LogP contribution is 2.24. The van der Waals surface area contributed by atoms with E-state index in [1.165, 1.54) is 30.3 Å². The van der Waals surface area contributed by atoms with Crippen molar-refractivity contribution in [2.75, 3.05) is 16.6 Å². The molecule has 0 atom stereocenters. The molecular weight excluding hydrogens is 445 g/mol. The van der Waals surface area contributed by atoms with Crippen LogP contribution in [-0.2, 0) is 14.8 Å². The average molecular weight is 470 g/mol. The lowest BCUT2D eigenvalue weighted by atomic mass is 10.1. The van der Waals surface area contributed by atoms with Crippen LogP contribution in [0.25, 0.3) is 0 Å². The predicted molar refractivity (Wildman–Crippen MR) is 125 cm³/mol. The first-order valence-corrected chi connectivity index (χ1v) is 11.6.